The lowest BCUT2D eigenvalue weighted by molar-refractivity contribution is -0.112. The summed E-state index contributed by atoms with van der Waals surface area (Å²) in [5.74, 6) is -0.638. The van der Waals surface area contributed by atoms with Crippen LogP contribution < -0.4 is 9.62 Å². The van der Waals surface area contributed by atoms with Gasteiger partial charge in [-0.1, -0.05) is 60.7 Å². The second-order valence-corrected chi connectivity index (χ2v) is 9.33. The number of fused-ring (bicyclic) bond motifs is 1. The fraction of sp³-hybridized carbons (Fsp3) is 0.160. The average molecular weight is 433 g/mol. The van der Waals surface area contributed by atoms with Crippen molar-refractivity contribution in [3.8, 4) is 0 Å². The van der Waals surface area contributed by atoms with E-state index in [0.29, 0.717) is 22.5 Å². The Morgan fingerprint density at radius 2 is 1.61 bits per heavy atom. The lowest BCUT2D eigenvalue weighted by Crippen LogP contribution is -2.39. The number of hydrogen-bond donors (Lipinski definition) is 1. The van der Waals surface area contributed by atoms with Gasteiger partial charge in [-0.05, 0) is 49.6 Å². The van der Waals surface area contributed by atoms with Crippen molar-refractivity contribution in [2.75, 3.05) is 16.2 Å². The summed E-state index contributed by atoms with van der Waals surface area (Å²) in [6.07, 6.45) is 0. The number of carbonyl (C=O) groups excluding carboxylic acids is 1. The second-order valence-electron chi connectivity index (χ2n) is 7.53. The van der Waals surface area contributed by atoms with Gasteiger partial charge < -0.3 is 5.32 Å². The number of hydrogen-bond acceptors (Lipinski definition) is 3. The molecule has 0 saturated carbocycles. The van der Waals surface area contributed by atoms with Gasteiger partial charge in [-0.2, -0.15) is 0 Å². The van der Waals surface area contributed by atoms with E-state index >= 15 is 0 Å². The molecule has 158 valence electrons. The number of para-hydroxylation sites is 1. The van der Waals surface area contributed by atoms with Crippen LogP contribution >= 0.6 is 0 Å². The summed E-state index contributed by atoms with van der Waals surface area (Å²) >= 11 is 0. The maximum Gasteiger partial charge on any atom is 0.270 e. The van der Waals surface area contributed by atoms with E-state index in [9.17, 15) is 13.2 Å². The van der Waals surface area contributed by atoms with Gasteiger partial charge in [0.05, 0.1) is 5.69 Å². The summed E-state index contributed by atoms with van der Waals surface area (Å²) in [6, 6.07) is 22.2. The number of nitrogens with one attached hydrogen (secondary N) is 1. The van der Waals surface area contributed by atoms with Crippen LogP contribution in [0.25, 0.3) is 5.57 Å². The molecule has 3 aromatic carbocycles. The monoisotopic (exact) mass is 432 g/mol. The molecule has 1 N–H and O–H groups in total. The zero-order valence-electron chi connectivity index (χ0n) is 17.7. The van der Waals surface area contributed by atoms with Crippen LogP contribution in [0.1, 0.15) is 29.2 Å². The highest BCUT2D eigenvalue weighted by Gasteiger charge is 2.40. The van der Waals surface area contributed by atoms with Crippen LogP contribution in [0.15, 0.2) is 77.7 Å². The quantitative estimate of drug-likeness (QED) is 0.640. The molecule has 0 bridgehead atoms. The predicted molar refractivity (Wildman–Crippen MR) is 125 cm³/mol. The Labute approximate surface area is 183 Å². The molecule has 0 unspecified atom stereocenters. The molecule has 1 amide bonds. The van der Waals surface area contributed by atoms with E-state index in [-0.39, 0.29) is 11.4 Å². The molecule has 0 saturated heterocycles. The highest BCUT2D eigenvalue weighted by molar-refractivity contribution is 7.97. The molecule has 0 spiro atoms. The largest absolute Gasteiger partial charge is 0.321 e. The SMILES string of the molecule is CCN1c2ccccc2C(c2ccccc2)=C(C(=O)Nc2cc(C)ccc2C)S1(=O)=O. The van der Waals surface area contributed by atoms with Crippen molar-refractivity contribution in [3.05, 3.63) is 100.0 Å². The van der Waals surface area contributed by atoms with Crippen molar-refractivity contribution in [1.82, 2.24) is 0 Å². The van der Waals surface area contributed by atoms with Crippen molar-refractivity contribution in [2.24, 2.45) is 0 Å². The number of amides is 1. The molecule has 4 rings (SSSR count). The molecule has 5 nitrogen and oxygen atoms in total. The fourth-order valence-corrected chi connectivity index (χ4v) is 5.66. The van der Waals surface area contributed by atoms with E-state index in [1.54, 1.807) is 19.1 Å². The second kappa shape index (κ2) is 8.04. The van der Waals surface area contributed by atoms with Crippen LogP contribution in [0.5, 0.6) is 0 Å². The zero-order chi connectivity index (χ0) is 22.2. The van der Waals surface area contributed by atoms with Crippen LogP contribution in [0, 0.1) is 13.8 Å². The number of sulfonamides is 1. The fourth-order valence-electron chi connectivity index (χ4n) is 3.91. The normalized spacial score (nSPS) is 14.9. The first-order valence-electron chi connectivity index (χ1n) is 10.1. The molecular formula is C25H24N2O3S. The number of anilines is 2. The Morgan fingerprint density at radius 1 is 0.935 bits per heavy atom. The average Bonchev–Trinajstić information content (AvgIpc) is 2.75. The molecule has 1 aliphatic heterocycles. The van der Waals surface area contributed by atoms with Gasteiger partial charge in [0, 0.05) is 23.4 Å². The summed E-state index contributed by atoms with van der Waals surface area (Å²) in [6.45, 7) is 5.80. The van der Waals surface area contributed by atoms with E-state index in [4.69, 9.17) is 0 Å². The Bertz CT molecular complexity index is 1300. The summed E-state index contributed by atoms with van der Waals surface area (Å²) in [4.78, 5) is 13.3. The molecule has 1 heterocycles. The van der Waals surface area contributed by atoms with Crippen LogP contribution in [-0.4, -0.2) is 20.9 Å². The molecule has 3 aromatic rings. The van der Waals surface area contributed by atoms with E-state index in [1.165, 1.54) is 4.31 Å². The number of aryl methyl sites for hydroxylation is 2. The van der Waals surface area contributed by atoms with Gasteiger partial charge in [0.15, 0.2) is 4.91 Å². The molecule has 1 aliphatic rings. The van der Waals surface area contributed by atoms with E-state index in [1.807, 2.05) is 74.5 Å². The molecule has 0 aliphatic carbocycles. The van der Waals surface area contributed by atoms with Gasteiger partial charge >= 0.3 is 0 Å². The predicted octanol–water partition coefficient (Wildman–Crippen LogP) is 4.87. The van der Waals surface area contributed by atoms with Gasteiger partial charge in [0.2, 0.25) is 0 Å². The Morgan fingerprint density at radius 3 is 2.32 bits per heavy atom. The minimum atomic E-state index is -4.07. The lowest BCUT2D eigenvalue weighted by atomic mass is 9.95. The molecule has 0 aromatic heterocycles. The van der Waals surface area contributed by atoms with E-state index in [2.05, 4.69) is 5.32 Å². The zero-order valence-corrected chi connectivity index (χ0v) is 18.5. The smallest absolute Gasteiger partial charge is 0.270 e. The first kappa shape index (κ1) is 20.9. The summed E-state index contributed by atoms with van der Waals surface area (Å²) in [7, 11) is -4.07. The highest BCUT2D eigenvalue weighted by Crippen LogP contribution is 2.42. The van der Waals surface area contributed by atoms with Crippen molar-refractivity contribution in [1.29, 1.82) is 0 Å². The molecule has 0 atom stereocenters. The Balaban J connectivity index is 1.99. The van der Waals surface area contributed by atoms with Crippen molar-refractivity contribution >= 4 is 32.9 Å². The standard InChI is InChI=1S/C25H24N2O3S/c1-4-27-22-13-9-8-12-20(22)23(19-10-6-5-7-11-19)24(31(27,29)30)25(28)26-21-16-17(2)14-15-18(21)3/h5-16H,4H2,1-3H3,(H,26,28). The molecule has 31 heavy (non-hydrogen) atoms. The molecule has 0 radical (unpaired) electrons. The maximum absolute atomic E-state index is 13.7. The van der Waals surface area contributed by atoms with Crippen LogP contribution in [0.4, 0.5) is 11.4 Å². The Kier molecular flexibility index (Phi) is 5.41. The highest BCUT2D eigenvalue weighted by atomic mass is 32.2. The van der Waals surface area contributed by atoms with Crippen LogP contribution in [0.3, 0.4) is 0 Å². The Hall–Kier alpha value is -3.38. The minimum absolute atomic E-state index is 0.224. The maximum atomic E-state index is 13.7. The van der Waals surface area contributed by atoms with E-state index < -0.39 is 15.9 Å². The van der Waals surface area contributed by atoms with Crippen LogP contribution in [-0.2, 0) is 14.8 Å². The first-order chi connectivity index (χ1) is 14.8. The van der Waals surface area contributed by atoms with Gasteiger partial charge in [-0.15, -0.1) is 0 Å². The third kappa shape index (κ3) is 3.64. The number of nitrogens with zero attached hydrogens (tertiary/aromatic N) is 1. The van der Waals surface area contributed by atoms with Crippen molar-refractivity contribution in [2.45, 2.75) is 20.8 Å². The molecular weight excluding hydrogens is 408 g/mol. The van der Waals surface area contributed by atoms with Gasteiger partial charge in [-0.25, -0.2) is 8.42 Å². The number of carbonyl (C=O) groups is 1. The summed E-state index contributed by atoms with van der Waals surface area (Å²) in [5.41, 5.74) is 4.83. The minimum Gasteiger partial charge on any atom is -0.321 e. The van der Waals surface area contributed by atoms with Crippen molar-refractivity contribution < 1.29 is 13.2 Å². The van der Waals surface area contributed by atoms with Crippen molar-refractivity contribution in [3.63, 3.8) is 0 Å². The van der Waals surface area contributed by atoms with Crippen LogP contribution in [0.2, 0.25) is 0 Å². The van der Waals surface area contributed by atoms with Gasteiger partial charge in [0.25, 0.3) is 15.9 Å². The summed E-state index contributed by atoms with van der Waals surface area (Å²) < 4.78 is 28.7. The number of benzene rings is 3. The number of rotatable bonds is 4. The van der Waals surface area contributed by atoms with E-state index in [0.717, 1.165) is 16.7 Å². The molecule has 0 fully saturated rings. The van der Waals surface area contributed by atoms with Gasteiger partial charge in [-0.3, -0.25) is 9.10 Å². The topological polar surface area (TPSA) is 66.5 Å². The third-order valence-electron chi connectivity index (χ3n) is 5.41. The lowest BCUT2D eigenvalue weighted by Gasteiger charge is -2.32. The van der Waals surface area contributed by atoms with Gasteiger partial charge in [0.1, 0.15) is 0 Å². The molecule has 6 heteroatoms. The first-order valence-corrected chi connectivity index (χ1v) is 11.6. The third-order valence-corrected chi connectivity index (χ3v) is 7.36. The summed E-state index contributed by atoms with van der Waals surface area (Å²) in [5, 5.41) is 2.85.